The van der Waals surface area contributed by atoms with E-state index < -0.39 is 23.7 Å². The Bertz CT molecular complexity index is 1280. The predicted octanol–water partition coefficient (Wildman–Crippen LogP) is 4.26. The number of aliphatic hydroxyl groups is 1. The van der Waals surface area contributed by atoms with Crippen LogP contribution >= 0.6 is 11.3 Å². The van der Waals surface area contributed by atoms with Crippen LogP contribution in [0.5, 0.6) is 5.75 Å². The van der Waals surface area contributed by atoms with Gasteiger partial charge in [-0.25, -0.2) is 9.78 Å². The van der Waals surface area contributed by atoms with E-state index in [-0.39, 0.29) is 21.3 Å². The molecule has 34 heavy (non-hydrogen) atoms. The highest BCUT2D eigenvalue weighted by molar-refractivity contribution is 7.17. The van der Waals surface area contributed by atoms with Crippen molar-refractivity contribution >= 4 is 39.9 Å². The highest BCUT2D eigenvalue weighted by Crippen LogP contribution is 2.43. The molecule has 1 fully saturated rings. The smallest absolute Gasteiger partial charge is 0.350 e. The lowest BCUT2D eigenvalue weighted by Gasteiger charge is -2.23. The van der Waals surface area contributed by atoms with Crippen LogP contribution < -0.4 is 9.64 Å². The molecule has 0 radical (unpaired) electrons. The van der Waals surface area contributed by atoms with E-state index in [0.29, 0.717) is 29.2 Å². The van der Waals surface area contributed by atoms with E-state index in [4.69, 9.17) is 9.47 Å². The highest BCUT2D eigenvalue weighted by atomic mass is 32.1. The molecule has 1 atom stereocenters. The van der Waals surface area contributed by atoms with Gasteiger partial charge in [0.1, 0.15) is 16.4 Å². The average molecular weight is 479 g/mol. The minimum absolute atomic E-state index is 0.0622. The van der Waals surface area contributed by atoms with E-state index in [1.165, 1.54) is 12.0 Å². The van der Waals surface area contributed by atoms with Gasteiger partial charge in [-0.15, -0.1) is 0 Å². The van der Waals surface area contributed by atoms with Crippen molar-refractivity contribution in [3.8, 4) is 5.75 Å². The van der Waals surface area contributed by atoms with Gasteiger partial charge in [0.15, 0.2) is 5.13 Å². The Hall–Kier alpha value is -3.98. The summed E-state index contributed by atoms with van der Waals surface area (Å²) < 4.78 is 10.2. The van der Waals surface area contributed by atoms with Crippen LogP contribution in [-0.4, -0.2) is 41.5 Å². The van der Waals surface area contributed by atoms with Crippen LogP contribution in [0.2, 0.25) is 0 Å². The Morgan fingerprint density at radius 3 is 2.41 bits per heavy atom. The van der Waals surface area contributed by atoms with Gasteiger partial charge in [0.2, 0.25) is 0 Å². The largest absolute Gasteiger partial charge is 0.507 e. The third kappa shape index (κ3) is 4.06. The molecule has 3 aromatic rings. The number of hydrogen-bond donors (Lipinski definition) is 1. The van der Waals surface area contributed by atoms with Gasteiger partial charge in [-0.2, -0.15) is 0 Å². The quantitative estimate of drug-likeness (QED) is 0.244. The van der Waals surface area contributed by atoms with Crippen molar-refractivity contribution in [2.24, 2.45) is 0 Å². The van der Waals surface area contributed by atoms with Crippen molar-refractivity contribution in [2.45, 2.75) is 19.9 Å². The van der Waals surface area contributed by atoms with Crippen LogP contribution in [-0.2, 0) is 14.3 Å². The molecule has 2 aromatic carbocycles. The Kier molecular flexibility index (Phi) is 6.47. The van der Waals surface area contributed by atoms with Crippen LogP contribution in [0.1, 0.15) is 39.5 Å². The topological polar surface area (TPSA) is 106 Å². The molecule has 2 heterocycles. The van der Waals surface area contributed by atoms with Gasteiger partial charge in [0.25, 0.3) is 5.78 Å². The molecular formula is C25H22N2O6S. The first-order valence-corrected chi connectivity index (χ1v) is 11.3. The van der Waals surface area contributed by atoms with Crippen LogP contribution in [0, 0.1) is 6.92 Å². The lowest BCUT2D eigenvalue weighted by molar-refractivity contribution is -0.132. The van der Waals surface area contributed by atoms with Crippen LogP contribution in [0.15, 0.2) is 60.2 Å². The van der Waals surface area contributed by atoms with Gasteiger partial charge in [0, 0.05) is 5.56 Å². The summed E-state index contributed by atoms with van der Waals surface area (Å²) in [6, 6.07) is 14.6. The molecule has 1 aliphatic heterocycles. The number of aliphatic hydroxyl groups excluding tert-OH is 1. The molecule has 0 bridgehead atoms. The van der Waals surface area contributed by atoms with E-state index in [0.717, 1.165) is 11.3 Å². The fourth-order valence-electron chi connectivity index (χ4n) is 3.78. The van der Waals surface area contributed by atoms with Crippen molar-refractivity contribution in [1.82, 2.24) is 4.98 Å². The van der Waals surface area contributed by atoms with Crippen molar-refractivity contribution < 1.29 is 29.0 Å². The molecule has 174 valence electrons. The number of methoxy groups -OCH3 is 1. The van der Waals surface area contributed by atoms with E-state index >= 15 is 0 Å². The normalized spacial score (nSPS) is 17.1. The number of esters is 1. The summed E-state index contributed by atoms with van der Waals surface area (Å²) in [5.41, 5.74) is 1.30. The number of carbonyl (C=O) groups excluding carboxylic acids is 3. The number of Topliss-reactive ketones (excluding diaryl/α,β-unsaturated/α-hetero) is 1. The minimum atomic E-state index is -0.927. The zero-order chi connectivity index (χ0) is 24.4. The number of aromatic nitrogens is 1. The number of amides is 1. The lowest BCUT2D eigenvalue weighted by atomic mass is 9.95. The van der Waals surface area contributed by atoms with Gasteiger partial charge in [-0.1, -0.05) is 41.7 Å². The van der Waals surface area contributed by atoms with Gasteiger partial charge < -0.3 is 14.6 Å². The number of ketones is 1. The van der Waals surface area contributed by atoms with E-state index in [9.17, 15) is 19.5 Å². The molecule has 1 N–H and O–H groups in total. The van der Waals surface area contributed by atoms with Crippen molar-refractivity contribution in [3.05, 3.63) is 81.9 Å². The monoisotopic (exact) mass is 478 g/mol. The summed E-state index contributed by atoms with van der Waals surface area (Å²) in [7, 11) is 1.26. The van der Waals surface area contributed by atoms with E-state index in [2.05, 4.69) is 4.98 Å². The van der Waals surface area contributed by atoms with E-state index in [1.807, 2.05) is 13.0 Å². The molecule has 1 aliphatic rings. The molecule has 9 heteroatoms. The summed E-state index contributed by atoms with van der Waals surface area (Å²) >= 11 is 0.957. The maximum atomic E-state index is 13.2. The molecule has 4 rings (SSSR count). The van der Waals surface area contributed by atoms with Crippen molar-refractivity contribution in [3.63, 3.8) is 0 Å². The second kappa shape index (κ2) is 9.48. The molecule has 0 unspecified atom stereocenters. The SMILES string of the molecule is CCOc1ccc(/C(O)=C2\C(=O)C(=O)N(c3nc(C)c(C(=O)OC)s3)[C@@H]2c2ccccc2)cc1. The molecule has 1 amide bonds. The number of thiazole rings is 1. The first-order chi connectivity index (χ1) is 16.4. The number of ether oxygens (including phenoxy) is 2. The number of nitrogens with zero attached hydrogens (tertiary/aromatic N) is 2. The summed E-state index contributed by atoms with van der Waals surface area (Å²) in [5.74, 6) is -1.95. The molecule has 1 aromatic heterocycles. The molecule has 1 saturated heterocycles. The van der Waals surface area contributed by atoms with Crippen LogP contribution in [0.3, 0.4) is 0 Å². The second-order valence-electron chi connectivity index (χ2n) is 7.44. The standard InChI is InChI=1S/C25H22N2O6S/c1-4-33-17-12-10-16(11-13-17)20(28)18-19(15-8-6-5-7-9-15)27(23(30)21(18)29)25-26-14(2)22(34-25)24(31)32-3/h5-13,19,28H,4H2,1-3H3/b20-18+/t19-/m1/s1. The van der Waals surface area contributed by atoms with Gasteiger partial charge in [-0.05, 0) is 43.7 Å². The Morgan fingerprint density at radius 2 is 1.79 bits per heavy atom. The number of hydrogen-bond acceptors (Lipinski definition) is 8. The van der Waals surface area contributed by atoms with Crippen molar-refractivity contribution in [2.75, 3.05) is 18.6 Å². The highest BCUT2D eigenvalue weighted by Gasteiger charge is 2.48. The average Bonchev–Trinajstić information content (AvgIpc) is 3.36. The number of carbonyl (C=O) groups is 3. The second-order valence-corrected chi connectivity index (χ2v) is 8.42. The fraction of sp³-hybridized carbons (Fsp3) is 0.200. The maximum Gasteiger partial charge on any atom is 0.350 e. The Labute approximate surface area is 200 Å². The molecule has 8 nitrogen and oxygen atoms in total. The summed E-state index contributed by atoms with van der Waals surface area (Å²) in [4.78, 5) is 44.3. The lowest BCUT2D eigenvalue weighted by Crippen LogP contribution is -2.29. The number of anilines is 1. The van der Waals surface area contributed by atoms with Crippen LogP contribution in [0.25, 0.3) is 5.76 Å². The minimum Gasteiger partial charge on any atom is -0.507 e. The third-order valence-corrected chi connectivity index (χ3v) is 6.50. The summed E-state index contributed by atoms with van der Waals surface area (Å²) in [5, 5.41) is 11.3. The zero-order valence-electron chi connectivity index (χ0n) is 18.8. The number of rotatable bonds is 6. The van der Waals surface area contributed by atoms with Crippen LogP contribution in [0.4, 0.5) is 5.13 Å². The zero-order valence-corrected chi connectivity index (χ0v) is 19.6. The Balaban J connectivity index is 1.87. The number of aryl methyl sites for hydroxylation is 1. The molecule has 0 aliphatic carbocycles. The maximum absolute atomic E-state index is 13.2. The third-order valence-electron chi connectivity index (χ3n) is 5.36. The van der Waals surface area contributed by atoms with Crippen molar-refractivity contribution in [1.29, 1.82) is 0 Å². The van der Waals surface area contributed by atoms with Gasteiger partial charge in [0.05, 0.1) is 31.0 Å². The summed E-state index contributed by atoms with van der Waals surface area (Å²) in [6.07, 6.45) is 0. The first kappa shape index (κ1) is 23.2. The molecule has 0 saturated carbocycles. The Morgan fingerprint density at radius 1 is 1.12 bits per heavy atom. The van der Waals surface area contributed by atoms with Gasteiger partial charge >= 0.3 is 11.9 Å². The molecular weight excluding hydrogens is 456 g/mol. The summed E-state index contributed by atoms with van der Waals surface area (Å²) in [6.45, 7) is 3.98. The first-order valence-electron chi connectivity index (χ1n) is 10.5. The molecule has 0 spiro atoms. The number of benzene rings is 2. The van der Waals surface area contributed by atoms with Gasteiger partial charge in [-0.3, -0.25) is 14.5 Å². The van der Waals surface area contributed by atoms with E-state index in [1.54, 1.807) is 55.5 Å². The fourth-order valence-corrected chi connectivity index (χ4v) is 4.79. The predicted molar refractivity (Wildman–Crippen MR) is 127 cm³/mol.